The molecule has 0 atom stereocenters. The zero-order valence-electron chi connectivity index (χ0n) is 11.5. The van der Waals surface area contributed by atoms with Crippen molar-refractivity contribution in [2.24, 2.45) is 5.73 Å². The normalized spacial score (nSPS) is 11.7. The quantitative estimate of drug-likeness (QED) is 0.875. The minimum atomic E-state index is -0.161. The Morgan fingerprint density at radius 2 is 2.00 bits per heavy atom. The van der Waals surface area contributed by atoms with E-state index in [9.17, 15) is 0 Å². The topological polar surface area (TPSA) is 44.5 Å². The van der Waals surface area contributed by atoms with Gasteiger partial charge < -0.3 is 15.2 Å². The van der Waals surface area contributed by atoms with E-state index in [0.717, 1.165) is 27.8 Å². The predicted molar refractivity (Wildman–Crippen MR) is 78.0 cm³/mol. The second-order valence-electron chi connectivity index (χ2n) is 4.98. The number of methoxy groups -OCH3 is 1. The fraction of sp³-hybridized carbons (Fsp3) is 0.571. The number of ether oxygens (including phenoxy) is 2. The van der Waals surface area contributed by atoms with Gasteiger partial charge in [0.15, 0.2) is 0 Å². The van der Waals surface area contributed by atoms with Crippen molar-refractivity contribution < 1.29 is 9.47 Å². The lowest BCUT2D eigenvalue weighted by Gasteiger charge is -2.23. The molecule has 0 saturated carbocycles. The maximum absolute atomic E-state index is 5.87. The van der Waals surface area contributed by atoms with Gasteiger partial charge in [0.25, 0.3) is 0 Å². The van der Waals surface area contributed by atoms with Gasteiger partial charge in [-0.05, 0) is 38.5 Å². The molecule has 3 nitrogen and oxygen atoms in total. The molecule has 0 aliphatic heterocycles. The van der Waals surface area contributed by atoms with Crippen LogP contribution in [0.5, 0.6) is 5.75 Å². The molecule has 1 rings (SSSR count). The molecule has 0 aromatic heterocycles. The van der Waals surface area contributed by atoms with E-state index in [1.807, 2.05) is 19.1 Å². The molecular formula is C14H22BrNO2. The van der Waals surface area contributed by atoms with E-state index in [-0.39, 0.29) is 5.60 Å². The van der Waals surface area contributed by atoms with Crippen molar-refractivity contribution in [2.75, 3.05) is 13.7 Å². The first-order valence-corrected chi connectivity index (χ1v) is 6.86. The van der Waals surface area contributed by atoms with Gasteiger partial charge >= 0.3 is 0 Å². The second-order valence-corrected chi connectivity index (χ2v) is 5.89. The Balaban J connectivity index is 2.73. The molecule has 102 valence electrons. The summed E-state index contributed by atoms with van der Waals surface area (Å²) >= 11 is 3.47. The molecule has 0 aliphatic rings. The Hall–Kier alpha value is -0.580. The Morgan fingerprint density at radius 3 is 2.56 bits per heavy atom. The van der Waals surface area contributed by atoms with Gasteiger partial charge in [0, 0.05) is 30.1 Å². The molecular weight excluding hydrogens is 294 g/mol. The summed E-state index contributed by atoms with van der Waals surface area (Å²) in [4.78, 5) is 0. The largest absolute Gasteiger partial charge is 0.493 e. The lowest BCUT2D eigenvalue weighted by atomic mass is 10.1. The van der Waals surface area contributed by atoms with Crippen LogP contribution in [0.3, 0.4) is 0 Å². The Bertz CT molecular complexity index is 405. The van der Waals surface area contributed by atoms with Crippen molar-refractivity contribution in [1.29, 1.82) is 0 Å². The third kappa shape index (κ3) is 4.26. The number of aryl methyl sites for hydroxylation is 1. The minimum Gasteiger partial charge on any atom is -0.493 e. The van der Waals surface area contributed by atoms with Crippen molar-refractivity contribution in [1.82, 2.24) is 0 Å². The van der Waals surface area contributed by atoms with E-state index >= 15 is 0 Å². The van der Waals surface area contributed by atoms with Crippen LogP contribution in [0.15, 0.2) is 16.6 Å². The number of hydrogen-bond donors (Lipinski definition) is 1. The van der Waals surface area contributed by atoms with Crippen molar-refractivity contribution >= 4 is 15.9 Å². The molecule has 0 unspecified atom stereocenters. The zero-order valence-corrected chi connectivity index (χ0v) is 13.1. The molecule has 0 aliphatic carbocycles. The maximum Gasteiger partial charge on any atom is 0.126 e. The summed E-state index contributed by atoms with van der Waals surface area (Å²) in [7, 11) is 1.72. The van der Waals surface area contributed by atoms with E-state index < -0.39 is 0 Å². The highest BCUT2D eigenvalue weighted by molar-refractivity contribution is 9.10. The van der Waals surface area contributed by atoms with Crippen LogP contribution in [0.25, 0.3) is 0 Å². The number of benzene rings is 1. The Kier molecular flexibility index (Phi) is 5.63. The summed E-state index contributed by atoms with van der Waals surface area (Å²) in [5.74, 6) is 0.896. The molecule has 1 aromatic carbocycles. The number of rotatable bonds is 6. The van der Waals surface area contributed by atoms with Gasteiger partial charge in [0.05, 0.1) is 12.2 Å². The van der Waals surface area contributed by atoms with Gasteiger partial charge in [-0.15, -0.1) is 0 Å². The van der Waals surface area contributed by atoms with E-state index in [1.165, 1.54) is 0 Å². The van der Waals surface area contributed by atoms with Crippen LogP contribution in [0, 0.1) is 6.92 Å². The van der Waals surface area contributed by atoms with Crippen LogP contribution in [0.2, 0.25) is 0 Å². The molecule has 4 heteroatoms. The molecule has 0 fully saturated rings. The van der Waals surface area contributed by atoms with Gasteiger partial charge in [-0.25, -0.2) is 0 Å². The first-order chi connectivity index (χ1) is 8.39. The molecule has 0 heterocycles. The highest BCUT2D eigenvalue weighted by atomic mass is 79.9. The second kappa shape index (κ2) is 6.55. The van der Waals surface area contributed by atoms with Crippen LogP contribution in [-0.2, 0) is 11.3 Å². The summed E-state index contributed by atoms with van der Waals surface area (Å²) in [6.07, 6.45) is 0.836. The fourth-order valence-electron chi connectivity index (χ4n) is 1.66. The summed E-state index contributed by atoms with van der Waals surface area (Å²) in [6, 6.07) is 4.04. The van der Waals surface area contributed by atoms with Crippen LogP contribution in [0.4, 0.5) is 0 Å². The highest BCUT2D eigenvalue weighted by Crippen LogP contribution is 2.28. The van der Waals surface area contributed by atoms with E-state index in [2.05, 4.69) is 29.8 Å². The molecule has 0 saturated heterocycles. The predicted octanol–water partition coefficient (Wildman–Crippen LogP) is 3.41. The molecule has 18 heavy (non-hydrogen) atoms. The lowest BCUT2D eigenvalue weighted by molar-refractivity contribution is 0.00532. The molecule has 0 radical (unpaired) electrons. The standard InChI is InChI=1S/C14H22BrNO2/c1-10-7-12(15)8-11(9-16)13(10)18-6-5-14(2,3)17-4/h7-8H,5-6,9,16H2,1-4H3. The number of nitrogens with two attached hydrogens (primary N) is 1. The Morgan fingerprint density at radius 1 is 1.33 bits per heavy atom. The van der Waals surface area contributed by atoms with Gasteiger partial charge in [0.2, 0.25) is 0 Å². The van der Waals surface area contributed by atoms with Gasteiger partial charge in [0.1, 0.15) is 5.75 Å². The Labute approximate surface area is 118 Å². The van der Waals surface area contributed by atoms with Crippen molar-refractivity contribution in [3.8, 4) is 5.75 Å². The molecule has 0 spiro atoms. The third-order valence-electron chi connectivity index (χ3n) is 3.04. The zero-order chi connectivity index (χ0) is 13.8. The first-order valence-electron chi connectivity index (χ1n) is 6.06. The average Bonchev–Trinajstić information content (AvgIpc) is 2.31. The van der Waals surface area contributed by atoms with Crippen LogP contribution in [0.1, 0.15) is 31.4 Å². The van der Waals surface area contributed by atoms with Crippen molar-refractivity contribution in [2.45, 2.75) is 39.3 Å². The van der Waals surface area contributed by atoms with Crippen LogP contribution >= 0.6 is 15.9 Å². The number of hydrogen-bond acceptors (Lipinski definition) is 3. The van der Waals surface area contributed by atoms with Crippen LogP contribution < -0.4 is 10.5 Å². The smallest absolute Gasteiger partial charge is 0.126 e. The van der Waals surface area contributed by atoms with E-state index in [4.69, 9.17) is 15.2 Å². The highest BCUT2D eigenvalue weighted by Gasteiger charge is 2.17. The molecule has 1 aromatic rings. The fourth-order valence-corrected chi connectivity index (χ4v) is 2.28. The summed E-state index contributed by atoms with van der Waals surface area (Å²) in [5.41, 5.74) is 7.71. The minimum absolute atomic E-state index is 0.161. The van der Waals surface area contributed by atoms with E-state index in [0.29, 0.717) is 13.2 Å². The SMILES string of the molecule is COC(C)(C)CCOc1c(C)cc(Br)cc1CN. The van der Waals surface area contributed by atoms with E-state index in [1.54, 1.807) is 7.11 Å². The van der Waals surface area contributed by atoms with Crippen molar-refractivity contribution in [3.63, 3.8) is 0 Å². The monoisotopic (exact) mass is 315 g/mol. The summed E-state index contributed by atoms with van der Waals surface area (Å²) in [5, 5.41) is 0. The summed E-state index contributed by atoms with van der Waals surface area (Å²) < 4.78 is 12.3. The lowest BCUT2D eigenvalue weighted by Crippen LogP contribution is -2.25. The van der Waals surface area contributed by atoms with Crippen LogP contribution in [-0.4, -0.2) is 19.3 Å². The maximum atomic E-state index is 5.87. The molecule has 0 bridgehead atoms. The number of halogens is 1. The molecule has 2 N–H and O–H groups in total. The summed E-state index contributed by atoms with van der Waals surface area (Å²) in [6.45, 7) is 7.23. The average molecular weight is 316 g/mol. The molecule has 0 amide bonds. The van der Waals surface area contributed by atoms with Gasteiger partial charge in [-0.3, -0.25) is 0 Å². The van der Waals surface area contributed by atoms with Gasteiger partial charge in [-0.1, -0.05) is 15.9 Å². The van der Waals surface area contributed by atoms with Gasteiger partial charge in [-0.2, -0.15) is 0 Å². The third-order valence-corrected chi connectivity index (χ3v) is 3.50. The first kappa shape index (κ1) is 15.5. The van der Waals surface area contributed by atoms with Crippen molar-refractivity contribution in [3.05, 3.63) is 27.7 Å².